The van der Waals surface area contributed by atoms with Gasteiger partial charge in [-0.25, -0.2) is 0 Å². The molecule has 2 fully saturated rings. The van der Waals surface area contributed by atoms with E-state index in [9.17, 15) is 4.79 Å². The largest absolute Gasteiger partial charge is 0.469 e. The van der Waals surface area contributed by atoms with Gasteiger partial charge in [-0.2, -0.15) is 0 Å². The molecule has 21 rings (SSSR count). The molecule has 0 radical (unpaired) electrons. The van der Waals surface area contributed by atoms with Gasteiger partial charge in [-0.05, 0) is 218 Å². The van der Waals surface area contributed by atoms with Gasteiger partial charge in [0.1, 0.15) is 0 Å². The molecule has 2 heteroatoms. The van der Waals surface area contributed by atoms with Gasteiger partial charge in [0.05, 0.1) is 7.11 Å². The Labute approximate surface area is 352 Å². The molecular formula is C59H38O2. The number of allylic oxidation sites excluding steroid dienone is 11. The van der Waals surface area contributed by atoms with Crippen LogP contribution >= 0.6 is 0 Å². The Bertz CT molecular complexity index is 3680. The van der Waals surface area contributed by atoms with Crippen molar-refractivity contribution < 1.29 is 9.53 Å². The number of ether oxygens (including phenoxy) is 1. The number of esters is 1. The molecule has 0 spiro atoms. The van der Waals surface area contributed by atoms with E-state index in [0.29, 0.717) is 41.9 Å². The molecule has 2 nitrogen and oxygen atoms in total. The van der Waals surface area contributed by atoms with Crippen molar-refractivity contribution in [2.75, 3.05) is 7.11 Å². The molecule has 16 aliphatic rings. The molecule has 286 valence electrons. The summed E-state index contributed by atoms with van der Waals surface area (Å²) in [5.41, 5.74) is 41.0. The van der Waals surface area contributed by atoms with Gasteiger partial charge in [-0.1, -0.05) is 71.8 Å². The highest BCUT2D eigenvalue weighted by Gasteiger charge is 2.72. The Hall–Kier alpha value is -5.47. The Kier molecular flexibility index (Phi) is 3.86. The third-order valence-electron chi connectivity index (χ3n) is 21.6. The van der Waals surface area contributed by atoms with Crippen LogP contribution in [0.3, 0.4) is 0 Å². The van der Waals surface area contributed by atoms with E-state index in [2.05, 4.69) is 60.7 Å². The molecule has 16 aliphatic carbocycles. The first-order valence-corrected chi connectivity index (χ1v) is 24.1. The summed E-state index contributed by atoms with van der Waals surface area (Å²) in [6.45, 7) is 0. The van der Waals surface area contributed by atoms with Gasteiger partial charge < -0.3 is 4.74 Å². The molecule has 0 N–H and O–H groups in total. The van der Waals surface area contributed by atoms with Gasteiger partial charge in [-0.3, -0.25) is 4.79 Å². The van der Waals surface area contributed by atoms with Crippen molar-refractivity contribution in [3.63, 3.8) is 0 Å². The predicted octanol–water partition coefficient (Wildman–Crippen LogP) is 12.5. The highest BCUT2D eigenvalue weighted by Crippen LogP contribution is 2.86. The quantitative estimate of drug-likeness (QED) is 0.124. The fraction of sp³-hybridized carbons (Fsp3) is 0.339. The summed E-state index contributed by atoms with van der Waals surface area (Å²) < 4.78 is 5.33. The van der Waals surface area contributed by atoms with Crippen molar-refractivity contribution in [3.05, 3.63) is 155 Å². The van der Waals surface area contributed by atoms with Crippen LogP contribution in [0.15, 0.2) is 83.0 Å². The van der Waals surface area contributed by atoms with E-state index in [1.165, 1.54) is 31.2 Å². The molecule has 0 saturated heterocycles. The van der Waals surface area contributed by atoms with E-state index in [4.69, 9.17) is 4.74 Å². The van der Waals surface area contributed by atoms with Gasteiger partial charge in [0.15, 0.2) is 0 Å². The minimum atomic E-state index is -0.224. The van der Waals surface area contributed by atoms with Gasteiger partial charge in [-0.15, -0.1) is 0 Å². The lowest BCUT2D eigenvalue weighted by Gasteiger charge is -2.52. The number of benzene rings is 5. The van der Waals surface area contributed by atoms with E-state index in [0.717, 1.165) is 30.6 Å². The maximum absolute atomic E-state index is 13.0. The minimum absolute atomic E-state index is 0.0799. The van der Waals surface area contributed by atoms with Gasteiger partial charge >= 0.3 is 5.97 Å². The molecule has 0 heterocycles. The smallest absolute Gasteiger partial charge is 0.305 e. The van der Waals surface area contributed by atoms with Crippen LogP contribution in [0.25, 0.3) is 60.5 Å². The summed E-state index contributed by atoms with van der Waals surface area (Å²) in [6, 6.07) is 17.0. The van der Waals surface area contributed by atoms with Gasteiger partial charge in [0.25, 0.3) is 0 Å². The summed E-state index contributed by atoms with van der Waals surface area (Å²) in [5.74, 6) is 6.03. The predicted molar refractivity (Wildman–Crippen MR) is 237 cm³/mol. The van der Waals surface area contributed by atoms with E-state index >= 15 is 0 Å². The standard InChI is InChI=1S/C59H38O2/c1-61-32(60)9-5-8-31(19-6-3-2-4-7-19)59-56-26-11-10-25-27-16-23-14-20-12-22-13-21-15-24-17-28-29-18-30(26)57(59)41(29)47-39(28)45-36(24)34(21)43-37(22)42-33(20)35(23)44-38(27)46(40(25)56)54-52-50(44)48(42)49(43)51(45)53(52)55(47)58(54)59/h2-4,6-7,10-11,16-18,20-24,30-31,35-37,58H,5,8-9,12-15H2,1H3. The zero-order valence-electron chi connectivity index (χ0n) is 33.9. The van der Waals surface area contributed by atoms with Crippen molar-refractivity contribution in [3.8, 4) is 11.1 Å². The van der Waals surface area contributed by atoms with E-state index < -0.39 is 0 Å². The van der Waals surface area contributed by atoms with Crippen molar-refractivity contribution in [1.82, 2.24) is 0 Å². The number of hydrogen-bond acceptors (Lipinski definition) is 2. The minimum Gasteiger partial charge on any atom is -0.469 e. The lowest BCUT2D eigenvalue weighted by Crippen LogP contribution is -2.44. The number of methoxy groups -OCH3 is 1. The van der Waals surface area contributed by atoms with Crippen molar-refractivity contribution >= 4 is 55.4 Å². The Morgan fingerprint density at radius 3 is 2.13 bits per heavy atom. The Morgan fingerprint density at radius 1 is 0.689 bits per heavy atom. The first-order chi connectivity index (χ1) is 30.2. The van der Waals surface area contributed by atoms with Crippen LogP contribution < -0.4 is 0 Å². The van der Waals surface area contributed by atoms with Gasteiger partial charge in [0, 0.05) is 41.4 Å². The van der Waals surface area contributed by atoms with Crippen molar-refractivity contribution in [2.24, 2.45) is 35.5 Å². The maximum atomic E-state index is 13.0. The van der Waals surface area contributed by atoms with Crippen LogP contribution in [0.1, 0.15) is 147 Å². The third-order valence-corrected chi connectivity index (χ3v) is 21.6. The van der Waals surface area contributed by atoms with E-state index in [1.54, 1.807) is 134 Å². The van der Waals surface area contributed by atoms with Crippen LogP contribution in [-0.2, 0) is 14.9 Å². The summed E-state index contributed by atoms with van der Waals surface area (Å²) >= 11 is 0. The molecule has 0 aromatic heterocycles. The molecular weight excluding hydrogens is 741 g/mol. The number of hydrogen-bond donors (Lipinski definition) is 0. The van der Waals surface area contributed by atoms with Gasteiger partial charge in [0.2, 0.25) is 0 Å². The maximum Gasteiger partial charge on any atom is 0.305 e. The summed E-state index contributed by atoms with van der Waals surface area (Å²) in [7, 11) is 1.56. The topological polar surface area (TPSA) is 26.3 Å². The zero-order valence-corrected chi connectivity index (χ0v) is 33.9. The Morgan fingerprint density at radius 2 is 1.39 bits per heavy atom. The van der Waals surface area contributed by atoms with Crippen LogP contribution in [0.2, 0.25) is 0 Å². The third kappa shape index (κ3) is 2.30. The second-order valence-electron chi connectivity index (χ2n) is 22.7. The second kappa shape index (κ2) is 8.14. The van der Waals surface area contributed by atoms with E-state index in [-0.39, 0.29) is 23.2 Å². The van der Waals surface area contributed by atoms with Crippen LogP contribution in [0, 0.1) is 35.5 Å². The molecule has 0 aliphatic heterocycles. The van der Waals surface area contributed by atoms with Crippen molar-refractivity contribution in [1.29, 1.82) is 0 Å². The lowest BCUT2D eigenvalue weighted by molar-refractivity contribution is -0.140. The van der Waals surface area contributed by atoms with E-state index in [1.807, 2.05) is 22.3 Å². The number of carbonyl (C=O) groups excluding carboxylic acids is 1. The fourth-order valence-electron chi connectivity index (χ4n) is 21.0. The normalized spacial score (nSPS) is 37.0. The fourth-order valence-corrected chi connectivity index (χ4v) is 21.0. The van der Waals surface area contributed by atoms with Crippen molar-refractivity contribution in [2.45, 2.75) is 80.0 Å². The lowest BCUT2D eigenvalue weighted by atomic mass is 9.49. The molecule has 0 amide bonds. The molecule has 12 atom stereocenters. The molecule has 0 bridgehead atoms. The Balaban J connectivity index is 1.05. The first kappa shape index (κ1) is 28.9. The zero-order chi connectivity index (χ0) is 38.3. The first-order valence-electron chi connectivity index (χ1n) is 24.1. The highest BCUT2D eigenvalue weighted by atomic mass is 16.5. The SMILES string of the molecule is COC(=O)CCCC(c1ccccc1)C12C3=C4C5=CC3c3ccc6c(c31)-c1c3c7c8c9c%10c%11c%12c(c4c4c%11c8c1C42)C5=CC1CC2CC4CC5CC(C=C63)C7C5=C9C4C%10=C2C%121. The monoisotopic (exact) mass is 778 g/mol. The number of carbonyl (C=O) groups is 1. The number of fused-ring (bicyclic) bond motifs is 3. The summed E-state index contributed by atoms with van der Waals surface area (Å²) in [4.78, 5) is 13.0. The van der Waals surface area contributed by atoms with Crippen LogP contribution in [-0.4, -0.2) is 13.1 Å². The van der Waals surface area contributed by atoms with Crippen LogP contribution in [0.5, 0.6) is 0 Å². The average molecular weight is 779 g/mol. The molecule has 12 unspecified atom stereocenters. The van der Waals surface area contributed by atoms with Crippen LogP contribution in [0.4, 0.5) is 0 Å². The average Bonchev–Trinajstić information content (AvgIpc) is 4.16. The number of rotatable bonds is 6. The molecule has 5 aromatic rings. The summed E-state index contributed by atoms with van der Waals surface area (Å²) in [5, 5.41) is 6.98. The second-order valence-corrected chi connectivity index (χ2v) is 22.7. The molecule has 2 saturated carbocycles. The molecule has 5 aromatic carbocycles. The highest BCUT2D eigenvalue weighted by molar-refractivity contribution is 6.35. The summed E-state index contributed by atoms with van der Waals surface area (Å²) in [6.07, 6.45) is 16.4. The molecule has 61 heavy (non-hydrogen) atoms.